The number of halogens is 1. The van der Waals surface area contributed by atoms with E-state index in [-0.39, 0.29) is 17.0 Å². The molecular formula is C28H26ClNO4. The average molecular weight is 476 g/mol. The van der Waals surface area contributed by atoms with Gasteiger partial charge < -0.3 is 14.2 Å². The van der Waals surface area contributed by atoms with Gasteiger partial charge >= 0.3 is 5.97 Å². The van der Waals surface area contributed by atoms with Crippen molar-refractivity contribution in [1.29, 1.82) is 0 Å². The molecule has 5 nitrogen and oxygen atoms in total. The van der Waals surface area contributed by atoms with Crippen molar-refractivity contribution >= 4 is 29.5 Å². The quantitative estimate of drug-likeness (QED) is 0.299. The second kappa shape index (κ2) is 9.74. The molecule has 0 amide bonds. The molecule has 0 bridgehead atoms. The first-order valence-corrected chi connectivity index (χ1v) is 11.3. The van der Waals surface area contributed by atoms with E-state index in [0.717, 1.165) is 11.1 Å². The molecule has 3 aromatic carbocycles. The smallest absolute Gasteiger partial charge is 0.363 e. The maximum atomic E-state index is 12.5. The number of carbonyl (C=O) groups is 1. The predicted octanol–water partition coefficient (Wildman–Crippen LogP) is 6.57. The van der Waals surface area contributed by atoms with E-state index in [0.29, 0.717) is 28.7 Å². The molecule has 0 unspecified atom stereocenters. The summed E-state index contributed by atoms with van der Waals surface area (Å²) in [5, 5.41) is 0.371. The van der Waals surface area contributed by atoms with E-state index in [1.165, 1.54) is 5.56 Å². The van der Waals surface area contributed by atoms with Crippen LogP contribution < -0.4 is 9.47 Å². The minimum Gasteiger partial charge on any atom is -0.493 e. The second-order valence-electron chi connectivity index (χ2n) is 8.97. The van der Waals surface area contributed by atoms with Crippen LogP contribution in [-0.4, -0.2) is 19.0 Å². The Hall–Kier alpha value is -3.57. The summed E-state index contributed by atoms with van der Waals surface area (Å²) >= 11 is 6.49. The fourth-order valence-corrected chi connectivity index (χ4v) is 3.77. The maximum Gasteiger partial charge on any atom is 0.363 e. The van der Waals surface area contributed by atoms with Crippen molar-refractivity contribution in [1.82, 2.24) is 0 Å². The summed E-state index contributed by atoms with van der Waals surface area (Å²) in [6.07, 6.45) is 1.62. The topological polar surface area (TPSA) is 57.1 Å². The number of nitrogens with zero attached hydrogens (tertiary/aromatic N) is 1. The van der Waals surface area contributed by atoms with Gasteiger partial charge in [0.05, 0.1) is 12.1 Å². The van der Waals surface area contributed by atoms with Gasteiger partial charge in [0.15, 0.2) is 17.2 Å². The number of aliphatic imine (C=N–C) groups is 1. The highest BCUT2D eigenvalue weighted by Crippen LogP contribution is 2.38. The zero-order valence-corrected chi connectivity index (χ0v) is 20.3. The Morgan fingerprint density at radius 1 is 1.03 bits per heavy atom. The molecule has 0 N–H and O–H groups in total. The third kappa shape index (κ3) is 5.32. The summed E-state index contributed by atoms with van der Waals surface area (Å²) in [5.41, 5.74) is 3.81. The molecule has 1 heterocycles. The van der Waals surface area contributed by atoms with Crippen LogP contribution in [0.5, 0.6) is 11.5 Å². The van der Waals surface area contributed by atoms with Gasteiger partial charge in [-0.3, -0.25) is 0 Å². The molecule has 0 spiro atoms. The van der Waals surface area contributed by atoms with Crippen LogP contribution in [-0.2, 0) is 21.6 Å². The van der Waals surface area contributed by atoms with Crippen LogP contribution >= 0.6 is 11.6 Å². The molecule has 0 saturated heterocycles. The van der Waals surface area contributed by atoms with Crippen molar-refractivity contribution in [3.05, 3.63) is 99.7 Å². The van der Waals surface area contributed by atoms with Gasteiger partial charge in [0.25, 0.3) is 0 Å². The van der Waals surface area contributed by atoms with Crippen LogP contribution in [0.1, 0.15) is 43.0 Å². The van der Waals surface area contributed by atoms with E-state index < -0.39 is 5.97 Å². The SMILES string of the molecule is COc1cc(C=C2N=C(c3ccc(C(C)(C)C)cc3)OC2=O)cc(Cl)c1OCc1ccccc1. The Morgan fingerprint density at radius 2 is 1.74 bits per heavy atom. The van der Waals surface area contributed by atoms with Crippen molar-refractivity contribution in [2.75, 3.05) is 7.11 Å². The Labute approximate surface area is 204 Å². The Morgan fingerprint density at radius 3 is 2.38 bits per heavy atom. The fraction of sp³-hybridized carbons (Fsp3) is 0.214. The van der Waals surface area contributed by atoms with Gasteiger partial charge in [-0.15, -0.1) is 0 Å². The lowest BCUT2D eigenvalue weighted by Gasteiger charge is -2.18. The number of benzene rings is 3. The molecule has 0 fully saturated rings. The predicted molar refractivity (Wildman–Crippen MR) is 135 cm³/mol. The van der Waals surface area contributed by atoms with Crippen molar-refractivity contribution in [3.8, 4) is 11.5 Å². The van der Waals surface area contributed by atoms with Crippen LogP contribution in [0, 0.1) is 0 Å². The van der Waals surface area contributed by atoms with Crippen LogP contribution in [0.4, 0.5) is 0 Å². The summed E-state index contributed by atoms with van der Waals surface area (Å²) in [6, 6.07) is 21.1. The maximum absolute atomic E-state index is 12.5. The normalized spacial score (nSPS) is 14.7. The highest BCUT2D eigenvalue weighted by atomic mass is 35.5. The number of rotatable bonds is 6. The van der Waals surface area contributed by atoms with E-state index in [9.17, 15) is 4.79 Å². The Balaban J connectivity index is 1.57. The molecule has 0 aliphatic carbocycles. The van der Waals surface area contributed by atoms with Gasteiger partial charge in [-0.2, -0.15) is 0 Å². The van der Waals surface area contributed by atoms with Gasteiger partial charge in [-0.1, -0.05) is 74.8 Å². The number of hydrogen-bond donors (Lipinski definition) is 0. The summed E-state index contributed by atoms with van der Waals surface area (Å²) in [7, 11) is 1.54. The van der Waals surface area contributed by atoms with Crippen molar-refractivity contribution in [2.24, 2.45) is 4.99 Å². The molecule has 0 aromatic heterocycles. The molecule has 0 saturated carbocycles. The highest BCUT2D eigenvalue weighted by molar-refractivity contribution is 6.32. The zero-order chi connectivity index (χ0) is 24.3. The number of carbonyl (C=O) groups excluding carboxylic acids is 1. The van der Waals surface area contributed by atoms with Gasteiger partial charge in [0, 0.05) is 5.56 Å². The lowest BCUT2D eigenvalue weighted by molar-refractivity contribution is -0.129. The molecular weight excluding hydrogens is 450 g/mol. The van der Waals surface area contributed by atoms with Crippen molar-refractivity contribution < 1.29 is 19.0 Å². The fourth-order valence-electron chi connectivity index (χ4n) is 3.50. The highest BCUT2D eigenvalue weighted by Gasteiger charge is 2.25. The molecule has 34 heavy (non-hydrogen) atoms. The molecule has 1 aliphatic heterocycles. The number of hydrogen-bond acceptors (Lipinski definition) is 5. The van der Waals surface area contributed by atoms with Crippen LogP contribution in [0.25, 0.3) is 6.08 Å². The first-order valence-electron chi connectivity index (χ1n) is 10.9. The molecule has 0 radical (unpaired) electrons. The average Bonchev–Trinajstić information content (AvgIpc) is 3.18. The first-order chi connectivity index (χ1) is 16.2. The summed E-state index contributed by atoms with van der Waals surface area (Å²) in [6.45, 7) is 6.79. The van der Waals surface area contributed by atoms with Crippen molar-refractivity contribution in [2.45, 2.75) is 32.8 Å². The number of esters is 1. The Bertz CT molecular complexity index is 1260. The molecule has 0 atom stereocenters. The lowest BCUT2D eigenvalue weighted by Crippen LogP contribution is -2.11. The van der Waals surface area contributed by atoms with E-state index in [4.69, 9.17) is 25.8 Å². The van der Waals surface area contributed by atoms with Gasteiger partial charge in [0.1, 0.15) is 6.61 Å². The van der Waals surface area contributed by atoms with Gasteiger partial charge in [-0.25, -0.2) is 9.79 Å². The third-order valence-electron chi connectivity index (χ3n) is 5.40. The largest absolute Gasteiger partial charge is 0.493 e. The van der Waals surface area contributed by atoms with Crippen LogP contribution in [0.3, 0.4) is 0 Å². The molecule has 1 aliphatic rings. The minimum absolute atomic E-state index is 0.0348. The minimum atomic E-state index is -0.519. The van der Waals surface area contributed by atoms with E-state index in [1.807, 2.05) is 54.6 Å². The first kappa shape index (κ1) is 23.6. The molecule has 3 aromatic rings. The number of methoxy groups -OCH3 is 1. The second-order valence-corrected chi connectivity index (χ2v) is 9.38. The van der Waals surface area contributed by atoms with E-state index in [1.54, 1.807) is 25.3 Å². The summed E-state index contributed by atoms with van der Waals surface area (Å²) < 4.78 is 16.8. The third-order valence-corrected chi connectivity index (χ3v) is 5.68. The summed E-state index contributed by atoms with van der Waals surface area (Å²) in [4.78, 5) is 16.9. The standard InChI is InChI=1S/C28H26ClNO4/c1-28(2,3)21-12-10-20(11-13-21)26-30-23(27(31)34-26)15-19-14-22(29)25(24(16-19)32-4)33-17-18-8-6-5-7-9-18/h5-16H,17H2,1-4H3. The van der Waals surface area contributed by atoms with Gasteiger partial charge in [0.2, 0.25) is 5.90 Å². The van der Waals surface area contributed by atoms with Crippen LogP contribution in [0.15, 0.2) is 77.4 Å². The van der Waals surface area contributed by atoms with Crippen molar-refractivity contribution in [3.63, 3.8) is 0 Å². The number of ether oxygens (including phenoxy) is 3. The van der Waals surface area contributed by atoms with E-state index >= 15 is 0 Å². The molecule has 4 rings (SSSR count). The number of cyclic esters (lactones) is 1. The van der Waals surface area contributed by atoms with E-state index in [2.05, 4.69) is 25.8 Å². The van der Waals surface area contributed by atoms with Gasteiger partial charge in [-0.05, 0) is 52.4 Å². The monoisotopic (exact) mass is 475 g/mol. The zero-order valence-electron chi connectivity index (χ0n) is 19.6. The van der Waals surface area contributed by atoms with Crippen LogP contribution in [0.2, 0.25) is 5.02 Å². The lowest BCUT2D eigenvalue weighted by atomic mass is 9.87. The Kier molecular flexibility index (Phi) is 6.75. The molecule has 174 valence electrons. The molecule has 6 heteroatoms. The summed E-state index contributed by atoms with van der Waals surface area (Å²) in [5.74, 6) is 0.655.